The lowest BCUT2D eigenvalue weighted by Gasteiger charge is -2.41. The van der Waals surface area contributed by atoms with Crippen molar-refractivity contribution >= 4 is 37.9 Å². The monoisotopic (exact) mass is 463 g/mol. The van der Waals surface area contributed by atoms with Crippen molar-refractivity contribution in [1.82, 2.24) is 9.55 Å². The van der Waals surface area contributed by atoms with Gasteiger partial charge in [-0.05, 0) is 32.9 Å². The number of benzene rings is 1. The maximum atomic E-state index is 12.6. The van der Waals surface area contributed by atoms with Gasteiger partial charge in [0, 0.05) is 29.1 Å². The van der Waals surface area contributed by atoms with Crippen LogP contribution < -0.4 is 4.73 Å². The van der Waals surface area contributed by atoms with Gasteiger partial charge in [0.05, 0.1) is 24.1 Å². The fourth-order valence-corrected chi connectivity index (χ4v) is 4.04. The van der Waals surface area contributed by atoms with Gasteiger partial charge in [-0.2, -0.15) is 4.73 Å². The molecule has 29 heavy (non-hydrogen) atoms. The van der Waals surface area contributed by atoms with Crippen molar-refractivity contribution in [3.05, 3.63) is 39.9 Å². The Labute approximate surface area is 178 Å². The molecule has 0 saturated carbocycles. The minimum atomic E-state index is -0.572. The summed E-state index contributed by atoms with van der Waals surface area (Å²) in [6, 6.07) is 5.73. The van der Waals surface area contributed by atoms with Crippen LogP contribution in [-0.4, -0.2) is 35.2 Å². The molecule has 0 N–H and O–H groups in total. The van der Waals surface area contributed by atoms with E-state index in [1.54, 1.807) is 0 Å². The number of aromatic nitrogens is 3. The summed E-state index contributed by atoms with van der Waals surface area (Å²) in [6.45, 7) is 10.7. The summed E-state index contributed by atoms with van der Waals surface area (Å²) < 4.78 is 21.4. The lowest BCUT2D eigenvalue weighted by molar-refractivity contribution is -0.575. The fraction of sp³-hybridized carbons (Fsp3) is 0.524. The summed E-state index contributed by atoms with van der Waals surface area (Å²) in [5, 5.41) is 13.4. The van der Waals surface area contributed by atoms with Crippen molar-refractivity contribution in [3.8, 4) is 0 Å². The van der Waals surface area contributed by atoms with Gasteiger partial charge in [-0.1, -0.05) is 22.9 Å². The molecule has 0 unspecified atom stereocenters. The quantitative estimate of drug-likeness (QED) is 0.423. The van der Waals surface area contributed by atoms with Crippen molar-refractivity contribution in [2.45, 2.75) is 46.6 Å². The zero-order valence-electron chi connectivity index (χ0n) is 17.2. The van der Waals surface area contributed by atoms with E-state index in [-0.39, 0.29) is 5.41 Å². The highest BCUT2D eigenvalue weighted by atomic mass is 79.9. The number of hydrogen-bond acceptors (Lipinski definition) is 5. The van der Waals surface area contributed by atoms with Crippen LogP contribution in [0.5, 0.6) is 0 Å². The highest BCUT2D eigenvalue weighted by Crippen LogP contribution is 2.34. The van der Waals surface area contributed by atoms with Crippen LogP contribution in [-0.2, 0) is 27.4 Å². The maximum Gasteiger partial charge on any atom is 0.227 e. The largest absolute Gasteiger partial charge is 0.618 e. The van der Waals surface area contributed by atoms with E-state index in [4.69, 9.17) is 19.2 Å². The minimum Gasteiger partial charge on any atom is -0.618 e. The van der Waals surface area contributed by atoms with Crippen LogP contribution in [0.2, 0.25) is 0 Å². The number of pyridine rings is 1. The van der Waals surface area contributed by atoms with E-state index in [1.165, 1.54) is 6.20 Å². The van der Waals surface area contributed by atoms with E-state index in [9.17, 15) is 5.21 Å². The van der Waals surface area contributed by atoms with Crippen molar-refractivity contribution in [1.29, 1.82) is 0 Å². The first-order valence-electron chi connectivity index (χ1n) is 9.77. The molecule has 1 fully saturated rings. The third-order valence-corrected chi connectivity index (χ3v) is 5.77. The highest BCUT2D eigenvalue weighted by molar-refractivity contribution is 9.10. The molecule has 1 aliphatic heterocycles. The number of halogens is 1. The Morgan fingerprint density at radius 3 is 2.69 bits per heavy atom. The van der Waals surface area contributed by atoms with Crippen LogP contribution >= 0.6 is 15.9 Å². The van der Waals surface area contributed by atoms with Gasteiger partial charge in [0.25, 0.3) is 0 Å². The highest BCUT2D eigenvalue weighted by Gasteiger charge is 2.38. The third kappa shape index (κ3) is 3.99. The van der Waals surface area contributed by atoms with Gasteiger partial charge in [-0.25, -0.2) is 4.98 Å². The average molecular weight is 464 g/mol. The van der Waals surface area contributed by atoms with Crippen LogP contribution in [0.15, 0.2) is 28.9 Å². The van der Waals surface area contributed by atoms with E-state index in [2.05, 4.69) is 27.4 Å². The molecular formula is C21H26BrN3O4. The molecule has 7 nitrogen and oxygen atoms in total. The molecule has 2 aromatic heterocycles. The Morgan fingerprint density at radius 2 is 2.00 bits per heavy atom. The van der Waals surface area contributed by atoms with E-state index in [1.807, 2.05) is 39.0 Å². The Bertz CT molecular complexity index is 1050. The summed E-state index contributed by atoms with van der Waals surface area (Å²) >= 11 is 3.46. The molecule has 8 heteroatoms. The minimum absolute atomic E-state index is 0.227. The van der Waals surface area contributed by atoms with Gasteiger partial charge in [0.15, 0.2) is 11.3 Å². The SMILES string of the molecule is CCOCc1nc2c[n+]([O-])c3cc(Br)ccc3c2n1CC1(C)COC(C)(C)OC1. The molecule has 1 aromatic carbocycles. The number of hydrogen-bond donors (Lipinski definition) is 0. The predicted octanol–water partition coefficient (Wildman–Crippen LogP) is 3.91. The molecule has 0 bridgehead atoms. The molecule has 156 valence electrons. The van der Waals surface area contributed by atoms with Crippen molar-refractivity contribution < 1.29 is 18.9 Å². The Morgan fingerprint density at radius 1 is 1.28 bits per heavy atom. The second-order valence-electron chi connectivity index (χ2n) is 8.39. The molecule has 3 heterocycles. The van der Waals surface area contributed by atoms with Crippen LogP contribution in [0.3, 0.4) is 0 Å². The summed E-state index contributed by atoms with van der Waals surface area (Å²) in [5.74, 6) is 0.223. The van der Waals surface area contributed by atoms with Gasteiger partial charge < -0.3 is 24.0 Å². The first-order valence-corrected chi connectivity index (χ1v) is 10.6. The van der Waals surface area contributed by atoms with Crippen LogP contribution in [0.4, 0.5) is 0 Å². The third-order valence-electron chi connectivity index (χ3n) is 5.28. The normalized spacial score (nSPS) is 18.5. The van der Waals surface area contributed by atoms with Gasteiger partial charge >= 0.3 is 0 Å². The van der Waals surface area contributed by atoms with Crippen LogP contribution in [0, 0.1) is 10.6 Å². The first kappa shape index (κ1) is 20.5. The molecule has 1 saturated heterocycles. The Balaban J connectivity index is 1.86. The van der Waals surface area contributed by atoms with Crippen molar-refractivity contribution in [2.75, 3.05) is 19.8 Å². The van der Waals surface area contributed by atoms with E-state index in [0.717, 1.165) is 25.9 Å². The molecule has 0 spiro atoms. The zero-order valence-corrected chi connectivity index (χ0v) is 18.8. The maximum absolute atomic E-state index is 12.6. The van der Waals surface area contributed by atoms with Gasteiger partial charge in [0.2, 0.25) is 11.7 Å². The van der Waals surface area contributed by atoms with Crippen LogP contribution in [0.25, 0.3) is 21.9 Å². The number of ether oxygens (including phenoxy) is 3. The number of imidazole rings is 1. The summed E-state index contributed by atoms with van der Waals surface area (Å²) in [6.07, 6.45) is 1.54. The van der Waals surface area contributed by atoms with Crippen molar-refractivity contribution in [3.63, 3.8) is 0 Å². The zero-order chi connectivity index (χ0) is 20.8. The van der Waals surface area contributed by atoms with Crippen LogP contribution in [0.1, 0.15) is 33.5 Å². The summed E-state index contributed by atoms with van der Waals surface area (Å²) in [7, 11) is 0. The van der Waals surface area contributed by atoms with Crippen molar-refractivity contribution in [2.24, 2.45) is 5.41 Å². The Hall–Kier alpha value is -1.74. The molecule has 0 amide bonds. The molecule has 0 radical (unpaired) electrons. The van der Waals surface area contributed by atoms with Gasteiger partial charge in [-0.3, -0.25) is 0 Å². The lowest BCUT2D eigenvalue weighted by atomic mass is 9.91. The molecule has 4 rings (SSSR count). The van der Waals surface area contributed by atoms with Gasteiger partial charge in [0.1, 0.15) is 12.4 Å². The number of rotatable bonds is 5. The topological polar surface area (TPSA) is 72.5 Å². The lowest BCUT2D eigenvalue weighted by Crippen LogP contribution is -2.47. The second-order valence-corrected chi connectivity index (χ2v) is 9.31. The molecule has 0 aliphatic carbocycles. The first-order chi connectivity index (χ1) is 13.7. The van der Waals surface area contributed by atoms with E-state index >= 15 is 0 Å². The number of fused-ring (bicyclic) bond motifs is 3. The molecule has 0 atom stereocenters. The van der Waals surface area contributed by atoms with E-state index < -0.39 is 5.79 Å². The predicted molar refractivity (Wildman–Crippen MR) is 113 cm³/mol. The molecular weight excluding hydrogens is 438 g/mol. The number of nitrogens with zero attached hydrogens (tertiary/aromatic N) is 3. The smallest absolute Gasteiger partial charge is 0.227 e. The van der Waals surface area contributed by atoms with Gasteiger partial charge in [-0.15, -0.1) is 0 Å². The summed E-state index contributed by atoms with van der Waals surface area (Å²) in [5.41, 5.74) is 1.96. The standard InChI is InChI=1S/C21H26BrN3O4/c1-5-27-10-18-23-16-9-25(26)17-8-14(22)6-7-15(17)19(16)24(18)11-21(4)12-28-20(2,3)29-13-21/h6-9H,5,10-13H2,1-4H3. The summed E-state index contributed by atoms with van der Waals surface area (Å²) in [4.78, 5) is 4.73. The average Bonchev–Trinajstić information content (AvgIpc) is 3.00. The fourth-order valence-electron chi connectivity index (χ4n) is 3.69. The Kier molecular flexibility index (Phi) is 5.31. The molecule has 1 aliphatic rings. The second kappa shape index (κ2) is 7.50. The van der Waals surface area contributed by atoms with E-state index in [0.29, 0.717) is 44.0 Å². The molecule has 3 aromatic rings.